The van der Waals surface area contributed by atoms with Gasteiger partial charge >= 0.3 is 0 Å². The minimum Gasteiger partial charge on any atom is -0.298 e. The van der Waals surface area contributed by atoms with Gasteiger partial charge in [0.25, 0.3) is 0 Å². The van der Waals surface area contributed by atoms with Gasteiger partial charge in [0.2, 0.25) is 10.0 Å². The Labute approximate surface area is 166 Å². The molecule has 1 fully saturated rings. The van der Waals surface area contributed by atoms with Crippen LogP contribution in [0.1, 0.15) is 34.5 Å². The van der Waals surface area contributed by atoms with E-state index in [9.17, 15) is 8.42 Å². The Balaban J connectivity index is 1.41. The number of nitrogens with zero attached hydrogens (tertiary/aromatic N) is 2. The molecule has 0 amide bonds. The molecule has 148 valence electrons. The van der Waals surface area contributed by atoms with Crippen molar-refractivity contribution in [3.05, 3.63) is 51.5 Å². The Bertz CT molecular complexity index is 823. The van der Waals surface area contributed by atoms with Crippen LogP contribution in [0.15, 0.2) is 29.8 Å². The first kappa shape index (κ1) is 20.5. The van der Waals surface area contributed by atoms with Gasteiger partial charge < -0.3 is 0 Å². The number of benzene rings is 1. The quantitative estimate of drug-likeness (QED) is 0.731. The maximum Gasteiger partial charge on any atom is 0.208 e. The van der Waals surface area contributed by atoms with Crippen LogP contribution in [-0.4, -0.2) is 44.2 Å². The summed E-state index contributed by atoms with van der Waals surface area (Å²) in [7, 11) is -3.10. The minimum atomic E-state index is -3.10. The summed E-state index contributed by atoms with van der Waals surface area (Å²) in [5, 5.41) is 0. The highest BCUT2D eigenvalue weighted by Crippen LogP contribution is 2.24. The summed E-state index contributed by atoms with van der Waals surface area (Å²) in [5.74, 6) is 0.751. The molecule has 1 aliphatic heterocycles. The van der Waals surface area contributed by atoms with Gasteiger partial charge in [-0.2, -0.15) is 0 Å². The highest BCUT2D eigenvalue weighted by atomic mass is 32.2. The summed E-state index contributed by atoms with van der Waals surface area (Å²) in [6.45, 7) is 5.92. The average molecular weight is 408 g/mol. The first-order chi connectivity index (χ1) is 12.9. The molecule has 3 rings (SSSR count). The highest BCUT2D eigenvalue weighted by molar-refractivity contribution is 7.88. The van der Waals surface area contributed by atoms with Crippen LogP contribution in [-0.2, 0) is 29.4 Å². The smallest absolute Gasteiger partial charge is 0.208 e. The van der Waals surface area contributed by atoms with E-state index in [0.29, 0.717) is 6.54 Å². The van der Waals surface area contributed by atoms with Crippen molar-refractivity contribution in [1.82, 2.24) is 14.6 Å². The van der Waals surface area contributed by atoms with Gasteiger partial charge in [-0.25, -0.2) is 18.1 Å². The molecule has 0 atom stereocenters. The maximum absolute atomic E-state index is 11.1. The Morgan fingerprint density at radius 3 is 2.44 bits per heavy atom. The summed E-state index contributed by atoms with van der Waals surface area (Å²) in [6.07, 6.45) is 5.55. The van der Waals surface area contributed by atoms with Crippen molar-refractivity contribution in [3.8, 4) is 0 Å². The third kappa shape index (κ3) is 6.68. The third-order valence-corrected chi connectivity index (χ3v) is 6.89. The van der Waals surface area contributed by atoms with Crippen LogP contribution in [0.3, 0.4) is 0 Å². The fourth-order valence-electron chi connectivity index (χ4n) is 3.59. The number of hydrogen-bond donors (Lipinski definition) is 1. The SMILES string of the molecule is Cc1ncsc1CN1CCC(Cc2ccc(CCNS(C)(=O)=O)cc2)CC1. The summed E-state index contributed by atoms with van der Waals surface area (Å²) < 4.78 is 24.8. The van der Waals surface area contributed by atoms with Crippen molar-refractivity contribution in [1.29, 1.82) is 0 Å². The molecule has 7 heteroatoms. The fourth-order valence-corrected chi connectivity index (χ4v) is 4.88. The van der Waals surface area contributed by atoms with Crippen molar-refractivity contribution >= 4 is 21.4 Å². The Morgan fingerprint density at radius 2 is 1.85 bits per heavy atom. The van der Waals surface area contributed by atoms with E-state index in [4.69, 9.17) is 0 Å². The lowest BCUT2D eigenvalue weighted by Crippen LogP contribution is -2.33. The molecule has 5 nitrogen and oxygen atoms in total. The molecule has 1 aromatic carbocycles. The molecule has 2 heterocycles. The number of thiazole rings is 1. The molecule has 1 saturated heterocycles. The van der Waals surface area contributed by atoms with Crippen molar-refractivity contribution in [2.45, 2.75) is 39.2 Å². The average Bonchev–Trinajstić information content (AvgIpc) is 3.02. The number of hydrogen-bond acceptors (Lipinski definition) is 5. The predicted octanol–water partition coefficient (Wildman–Crippen LogP) is 3.00. The van der Waals surface area contributed by atoms with Crippen LogP contribution in [0.4, 0.5) is 0 Å². The standard InChI is InChI=1S/C20H29N3O2S2/c1-16-20(26-15-21-16)14-23-11-8-19(9-12-23)13-18-5-3-17(4-6-18)7-10-22-27(2,24)25/h3-6,15,19,22H,7-14H2,1-2H3. The van der Waals surface area contributed by atoms with E-state index in [1.165, 1.54) is 40.8 Å². The number of rotatable bonds is 8. The number of likely N-dealkylation sites (tertiary alicyclic amines) is 1. The zero-order chi connectivity index (χ0) is 19.3. The number of nitrogens with one attached hydrogen (secondary N) is 1. The summed E-state index contributed by atoms with van der Waals surface area (Å²) in [4.78, 5) is 8.30. The molecule has 0 radical (unpaired) electrons. The van der Waals surface area contributed by atoms with E-state index >= 15 is 0 Å². The largest absolute Gasteiger partial charge is 0.298 e. The Morgan fingerprint density at radius 1 is 1.19 bits per heavy atom. The second kappa shape index (κ2) is 9.28. The molecule has 0 unspecified atom stereocenters. The monoisotopic (exact) mass is 407 g/mol. The molecule has 2 aromatic rings. The van der Waals surface area contributed by atoms with E-state index in [2.05, 4.69) is 45.8 Å². The molecular weight excluding hydrogens is 378 g/mol. The number of sulfonamides is 1. The lowest BCUT2D eigenvalue weighted by Gasteiger charge is -2.31. The first-order valence-electron chi connectivity index (χ1n) is 9.53. The van der Waals surface area contributed by atoms with Crippen molar-refractivity contribution in [3.63, 3.8) is 0 Å². The highest BCUT2D eigenvalue weighted by Gasteiger charge is 2.20. The van der Waals surface area contributed by atoms with Gasteiger partial charge in [0.1, 0.15) is 0 Å². The van der Waals surface area contributed by atoms with E-state index in [0.717, 1.165) is 38.4 Å². The van der Waals surface area contributed by atoms with Crippen molar-refractivity contribution in [2.24, 2.45) is 5.92 Å². The zero-order valence-corrected chi connectivity index (χ0v) is 17.8. The molecular formula is C20H29N3O2S2. The lowest BCUT2D eigenvalue weighted by atomic mass is 9.90. The molecule has 0 saturated carbocycles. The maximum atomic E-state index is 11.1. The fraction of sp³-hybridized carbons (Fsp3) is 0.550. The van der Waals surface area contributed by atoms with Crippen LogP contribution < -0.4 is 4.72 Å². The predicted molar refractivity (Wildman–Crippen MR) is 112 cm³/mol. The van der Waals surface area contributed by atoms with Crippen LogP contribution in [0.2, 0.25) is 0 Å². The zero-order valence-electron chi connectivity index (χ0n) is 16.1. The van der Waals surface area contributed by atoms with Gasteiger partial charge in [-0.05, 0) is 62.7 Å². The molecule has 0 aliphatic carbocycles. The lowest BCUT2D eigenvalue weighted by molar-refractivity contribution is 0.178. The summed E-state index contributed by atoms with van der Waals surface area (Å²) >= 11 is 1.76. The first-order valence-corrected chi connectivity index (χ1v) is 12.3. The number of piperidine rings is 1. The van der Waals surface area contributed by atoms with Gasteiger partial charge in [-0.15, -0.1) is 11.3 Å². The van der Waals surface area contributed by atoms with Crippen LogP contribution >= 0.6 is 11.3 Å². The van der Waals surface area contributed by atoms with Gasteiger partial charge in [-0.1, -0.05) is 24.3 Å². The van der Waals surface area contributed by atoms with E-state index < -0.39 is 10.0 Å². The van der Waals surface area contributed by atoms with Crippen molar-refractivity contribution < 1.29 is 8.42 Å². The van der Waals surface area contributed by atoms with Crippen LogP contribution in [0.25, 0.3) is 0 Å². The topological polar surface area (TPSA) is 62.3 Å². The van der Waals surface area contributed by atoms with Gasteiger partial charge in [0.05, 0.1) is 17.5 Å². The van der Waals surface area contributed by atoms with Crippen molar-refractivity contribution in [2.75, 3.05) is 25.9 Å². The minimum absolute atomic E-state index is 0.454. The Hall–Kier alpha value is -1.28. The number of aryl methyl sites for hydroxylation is 1. The van der Waals surface area contributed by atoms with E-state index in [-0.39, 0.29) is 0 Å². The molecule has 0 spiro atoms. The summed E-state index contributed by atoms with van der Waals surface area (Å²) in [5.41, 5.74) is 5.67. The molecule has 0 bridgehead atoms. The Kier molecular flexibility index (Phi) is 7.03. The van der Waals surface area contributed by atoms with Gasteiger partial charge in [-0.3, -0.25) is 4.90 Å². The second-order valence-electron chi connectivity index (χ2n) is 7.52. The van der Waals surface area contributed by atoms with E-state index in [1.54, 1.807) is 11.3 Å². The second-order valence-corrected chi connectivity index (χ2v) is 10.3. The normalized spacial score (nSPS) is 16.7. The van der Waals surface area contributed by atoms with Gasteiger partial charge in [0, 0.05) is 18.0 Å². The molecule has 27 heavy (non-hydrogen) atoms. The number of aromatic nitrogens is 1. The molecule has 1 N–H and O–H groups in total. The summed E-state index contributed by atoms with van der Waals surface area (Å²) in [6, 6.07) is 8.65. The van der Waals surface area contributed by atoms with Crippen LogP contribution in [0, 0.1) is 12.8 Å². The van der Waals surface area contributed by atoms with E-state index in [1.807, 2.05) is 5.51 Å². The third-order valence-electron chi connectivity index (χ3n) is 5.24. The molecule has 1 aliphatic rings. The molecule has 1 aromatic heterocycles. The van der Waals surface area contributed by atoms with Gasteiger partial charge in [0.15, 0.2) is 0 Å². The van der Waals surface area contributed by atoms with Crippen LogP contribution in [0.5, 0.6) is 0 Å².